The first-order valence-electron chi connectivity index (χ1n) is 16.7. The van der Waals surface area contributed by atoms with Gasteiger partial charge in [0, 0.05) is 17.3 Å². The first kappa shape index (κ1) is 32.3. The average molecular weight is 641 g/mol. The van der Waals surface area contributed by atoms with Crippen LogP contribution in [0.1, 0.15) is 93.3 Å². The highest BCUT2D eigenvalue weighted by molar-refractivity contribution is 6.01. The second kappa shape index (κ2) is 14.8. The Morgan fingerprint density at radius 3 is 2.28 bits per heavy atom. The van der Waals surface area contributed by atoms with E-state index < -0.39 is 6.04 Å². The number of furan rings is 1. The van der Waals surface area contributed by atoms with E-state index in [2.05, 4.69) is 32.9 Å². The van der Waals surface area contributed by atoms with Crippen LogP contribution in [-0.2, 0) is 16.1 Å². The fourth-order valence-corrected chi connectivity index (χ4v) is 6.88. The van der Waals surface area contributed by atoms with Crippen LogP contribution in [-0.4, -0.2) is 52.3 Å². The number of hydrogen-bond acceptors (Lipinski definition) is 8. The highest BCUT2D eigenvalue weighted by atomic mass is 16.5. The van der Waals surface area contributed by atoms with Gasteiger partial charge < -0.3 is 19.2 Å². The zero-order valence-electron chi connectivity index (χ0n) is 27.5. The molecule has 0 radical (unpaired) electrons. The van der Waals surface area contributed by atoms with Gasteiger partial charge >= 0.3 is 0 Å². The van der Waals surface area contributed by atoms with Crippen LogP contribution in [0, 0.1) is 6.92 Å². The van der Waals surface area contributed by atoms with Gasteiger partial charge in [-0.2, -0.15) is 4.80 Å². The molecule has 2 heterocycles. The minimum Gasteiger partial charge on any atom is -0.493 e. The smallest absolute Gasteiger partial charge is 0.251 e. The molecule has 0 bridgehead atoms. The lowest BCUT2D eigenvalue weighted by Crippen LogP contribution is -2.48. The van der Waals surface area contributed by atoms with Crippen LogP contribution in [0.5, 0.6) is 11.5 Å². The molecular formula is C36H44N6O5. The third-order valence-corrected chi connectivity index (χ3v) is 9.38. The van der Waals surface area contributed by atoms with Crippen LogP contribution in [0.3, 0.4) is 0 Å². The normalized spacial score (nSPS) is 16.4. The summed E-state index contributed by atoms with van der Waals surface area (Å²) < 4.78 is 16.8. The summed E-state index contributed by atoms with van der Waals surface area (Å²) in [7, 11) is 3.13. The Bertz CT molecular complexity index is 1650. The average Bonchev–Trinajstić information content (AvgIpc) is 3.76. The van der Waals surface area contributed by atoms with Gasteiger partial charge in [-0.1, -0.05) is 50.7 Å². The number of nitrogens with one attached hydrogen (secondary N) is 1. The molecule has 0 spiro atoms. The summed E-state index contributed by atoms with van der Waals surface area (Å²) in [5, 5.41) is 16.1. The van der Waals surface area contributed by atoms with E-state index >= 15 is 0 Å². The third-order valence-electron chi connectivity index (χ3n) is 9.38. The zero-order valence-corrected chi connectivity index (χ0v) is 27.5. The Morgan fingerprint density at radius 1 is 0.915 bits per heavy atom. The van der Waals surface area contributed by atoms with Gasteiger partial charge in [0.25, 0.3) is 11.8 Å². The van der Waals surface area contributed by atoms with Crippen LogP contribution in [0.2, 0.25) is 0 Å². The molecule has 1 unspecified atom stereocenters. The van der Waals surface area contributed by atoms with Crippen molar-refractivity contribution in [3.63, 3.8) is 0 Å². The summed E-state index contributed by atoms with van der Waals surface area (Å²) in [5.74, 6) is 2.37. The standard InChI is InChI=1S/C36H44N6O5/c1-24-14-20-31(47-24)34(36(44)37-28-12-8-5-9-13-28)42(29-18-15-26(16-19-29)25-10-6-4-7-11-25)33(43)23-41-39-35(38-40-41)27-17-21-30(45-2)32(22-27)46-3/h14-22,25,28,34H,4-13,23H2,1-3H3,(H,37,44). The van der Waals surface area contributed by atoms with Gasteiger partial charge in [-0.3, -0.25) is 14.5 Å². The van der Waals surface area contributed by atoms with Crippen molar-refractivity contribution in [2.24, 2.45) is 0 Å². The predicted molar refractivity (Wildman–Crippen MR) is 177 cm³/mol. The summed E-state index contributed by atoms with van der Waals surface area (Å²) in [6, 6.07) is 16.0. The quantitative estimate of drug-likeness (QED) is 0.196. The Hall–Kier alpha value is -4.67. The van der Waals surface area contributed by atoms with Crippen molar-refractivity contribution in [1.82, 2.24) is 25.5 Å². The van der Waals surface area contributed by atoms with E-state index in [1.165, 1.54) is 53.8 Å². The van der Waals surface area contributed by atoms with Crippen molar-refractivity contribution >= 4 is 17.5 Å². The van der Waals surface area contributed by atoms with Crippen molar-refractivity contribution in [3.8, 4) is 22.9 Å². The predicted octanol–water partition coefficient (Wildman–Crippen LogP) is 6.53. The molecule has 11 heteroatoms. The van der Waals surface area contributed by atoms with E-state index in [4.69, 9.17) is 13.9 Å². The molecule has 1 N–H and O–H groups in total. The van der Waals surface area contributed by atoms with E-state index in [1.807, 2.05) is 25.1 Å². The lowest BCUT2D eigenvalue weighted by molar-refractivity contribution is -0.128. The maximum absolute atomic E-state index is 14.4. The number of aryl methyl sites for hydroxylation is 1. The largest absolute Gasteiger partial charge is 0.493 e. The number of nitrogens with zero attached hydrogens (tertiary/aromatic N) is 5. The number of carbonyl (C=O) groups is 2. The maximum atomic E-state index is 14.4. The number of rotatable bonds is 11. The van der Waals surface area contributed by atoms with Crippen molar-refractivity contribution in [3.05, 3.63) is 71.7 Å². The molecule has 11 nitrogen and oxygen atoms in total. The highest BCUT2D eigenvalue weighted by Gasteiger charge is 2.37. The number of benzene rings is 2. The van der Waals surface area contributed by atoms with Crippen LogP contribution < -0.4 is 19.7 Å². The highest BCUT2D eigenvalue weighted by Crippen LogP contribution is 2.36. The molecule has 6 rings (SSSR count). The van der Waals surface area contributed by atoms with Gasteiger partial charge in [-0.25, -0.2) is 0 Å². The Kier molecular flexibility index (Phi) is 10.2. The molecule has 1 atom stereocenters. The van der Waals surface area contributed by atoms with Crippen molar-refractivity contribution in [1.29, 1.82) is 0 Å². The number of methoxy groups -OCH3 is 2. The summed E-state index contributed by atoms with van der Waals surface area (Å²) in [6.07, 6.45) is 11.2. The van der Waals surface area contributed by atoms with Crippen LogP contribution in [0.4, 0.5) is 5.69 Å². The number of amides is 2. The van der Waals surface area contributed by atoms with Gasteiger partial charge in [0.05, 0.1) is 14.2 Å². The molecule has 2 aliphatic rings. The second-order valence-corrected chi connectivity index (χ2v) is 12.6. The first-order valence-corrected chi connectivity index (χ1v) is 16.7. The fraction of sp³-hybridized carbons (Fsp3) is 0.472. The van der Waals surface area contributed by atoms with Gasteiger partial charge in [0.15, 0.2) is 17.5 Å². The molecule has 2 aromatic carbocycles. The molecule has 47 heavy (non-hydrogen) atoms. The summed E-state index contributed by atoms with van der Waals surface area (Å²) in [4.78, 5) is 31.3. The lowest BCUT2D eigenvalue weighted by atomic mass is 9.84. The van der Waals surface area contributed by atoms with Gasteiger partial charge in [-0.05, 0) is 91.8 Å². The fourth-order valence-electron chi connectivity index (χ4n) is 6.88. The van der Waals surface area contributed by atoms with Crippen molar-refractivity contribution < 1.29 is 23.5 Å². The van der Waals surface area contributed by atoms with Gasteiger partial charge in [0.2, 0.25) is 5.82 Å². The molecule has 2 saturated carbocycles. The summed E-state index contributed by atoms with van der Waals surface area (Å²) in [5.41, 5.74) is 2.52. The topological polar surface area (TPSA) is 125 Å². The number of ether oxygens (including phenoxy) is 2. The summed E-state index contributed by atoms with van der Waals surface area (Å²) in [6.45, 7) is 1.59. The minimum absolute atomic E-state index is 0.0569. The van der Waals surface area contributed by atoms with Crippen molar-refractivity contribution in [2.45, 2.75) is 95.7 Å². The number of carbonyl (C=O) groups excluding carboxylic acids is 2. The molecule has 2 aliphatic carbocycles. The molecule has 2 aromatic heterocycles. The first-order chi connectivity index (χ1) is 22.9. The van der Waals surface area contributed by atoms with E-state index in [1.54, 1.807) is 38.5 Å². The Labute approximate surface area is 275 Å². The molecule has 2 amide bonds. The molecule has 248 valence electrons. The van der Waals surface area contributed by atoms with Crippen LogP contribution in [0.25, 0.3) is 11.4 Å². The zero-order chi connectivity index (χ0) is 32.8. The lowest BCUT2D eigenvalue weighted by Gasteiger charge is -2.32. The summed E-state index contributed by atoms with van der Waals surface area (Å²) >= 11 is 0. The van der Waals surface area contributed by atoms with E-state index in [0.717, 1.165) is 25.7 Å². The minimum atomic E-state index is -1.02. The van der Waals surface area contributed by atoms with E-state index in [0.29, 0.717) is 46.0 Å². The van der Waals surface area contributed by atoms with Crippen LogP contribution >= 0.6 is 0 Å². The number of aromatic nitrogens is 4. The van der Waals surface area contributed by atoms with E-state index in [9.17, 15) is 9.59 Å². The van der Waals surface area contributed by atoms with Crippen molar-refractivity contribution in [2.75, 3.05) is 19.1 Å². The number of anilines is 1. The molecular weight excluding hydrogens is 596 g/mol. The SMILES string of the molecule is COc1ccc(-c2nnn(CC(=O)N(c3ccc(C4CCCCC4)cc3)C(C(=O)NC3CCCCC3)c3ccc(C)o3)n2)cc1OC. The van der Waals surface area contributed by atoms with Gasteiger partial charge in [-0.15, -0.1) is 10.2 Å². The molecule has 0 saturated heterocycles. The Balaban J connectivity index is 1.33. The number of tetrazole rings is 1. The Morgan fingerprint density at radius 2 is 1.62 bits per heavy atom. The molecule has 0 aliphatic heterocycles. The molecule has 4 aromatic rings. The van der Waals surface area contributed by atoms with Crippen LogP contribution in [0.15, 0.2) is 59.0 Å². The molecule has 2 fully saturated rings. The second-order valence-electron chi connectivity index (χ2n) is 12.6. The van der Waals surface area contributed by atoms with Gasteiger partial charge in [0.1, 0.15) is 18.1 Å². The number of hydrogen-bond donors (Lipinski definition) is 1. The monoisotopic (exact) mass is 640 g/mol. The maximum Gasteiger partial charge on any atom is 0.251 e. The van der Waals surface area contributed by atoms with E-state index in [-0.39, 0.29) is 24.4 Å². The third kappa shape index (κ3) is 7.50.